The number of rotatable bonds is 2. The quantitative estimate of drug-likeness (QED) is 0.534. The van der Waals surface area contributed by atoms with E-state index in [2.05, 4.69) is 79.7 Å². The Labute approximate surface area is 131 Å². The zero-order valence-corrected chi connectivity index (χ0v) is 15.2. The standard InChI is InChI=1S/C21H32/c1-19(2,3)15-11-9-13-17(15)21(7,8)18-14-10-12-16(18)20(4,5)6/h11-14H,9-10H2,1-8H3. The van der Waals surface area contributed by atoms with Crippen molar-refractivity contribution in [3.05, 3.63) is 46.6 Å². The maximum absolute atomic E-state index is 2.44. The molecule has 0 fully saturated rings. The Bertz CT molecular complexity index is 496. The van der Waals surface area contributed by atoms with Crippen LogP contribution in [0.25, 0.3) is 0 Å². The van der Waals surface area contributed by atoms with Crippen molar-refractivity contribution in [1.82, 2.24) is 0 Å². The first-order valence-corrected chi connectivity index (χ1v) is 8.29. The predicted octanol–water partition coefficient (Wildman–Crippen LogP) is 6.62. The van der Waals surface area contributed by atoms with Crippen molar-refractivity contribution in [1.29, 1.82) is 0 Å². The first-order valence-electron chi connectivity index (χ1n) is 8.29. The molecule has 0 N–H and O–H groups in total. The Morgan fingerprint density at radius 1 is 0.524 bits per heavy atom. The third-order valence-electron chi connectivity index (χ3n) is 4.83. The molecule has 2 rings (SSSR count). The molecule has 0 amide bonds. The van der Waals surface area contributed by atoms with Gasteiger partial charge >= 0.3 is 0 Å². The van der Waals surface area contributed by atoms with Crippen LogP contribution in [0.15, 0.2) is 46.6 Å². The summed E-state index contributed by atoms with van der Waals surface area (Å²) < 4.78 is 0. The van der Waals surface area contributed by atoms with Gasteiger partial charge in [0, 0.05) is 5.41 Å². The minimum absolute atomic E-state index is 0.102. The lowest BCUT2D eigenvalue weighted by Crippen LogP contribution is -2.26. The monoisotopic (exact) mass is 284 g/mol. The van der Waals surface area contributed by atoms with Gasteiger partial charge in [-0.25, -0.2) is 0 Å². The van der Waals surface area contributed by atoms with Crippen molar-refractivity contribution in [2.75, 3.05) is 0 Å². The number of hydrogen-bond acceptors (Lipinski definition) is 0. The van der Waals surface area contributed by atoms with E-state index in [9.17, 15) is 0 Å². The Kier molecular flexibility index (Phi) is 3.89. The number of hydrogen-bond donors (Lipinski definition) is 0. The van der Waals surface area contributed by atoms with Crippen LogP contribution in [0.1, 0.15) is 68.2 Å². The second-order valence-corrected chi connectivity index (χ2v) is 9.07. The fourth-order valence-electron chi connectivity index (χ4n) is 3.78. The maximum Gasteiger partial charge on any atom is 0.0146 e. The molecule has 2 aliphatic carbocycles. The Morgan fingerprint density at radius 2 is 0.810 bits per heavy atom. The summed E-state index contributed by atoms with van der Waals surface area (Å²) in [6, 6.07) is 0. The molecule has 0 aliphatic heterocycles. The summed E-state index contributed by atoms with van der Waals surface area (Å²) in [5, 5.41) is 0. The van der Waals surface area contributed by atoms with Crippen molar-refractivity contribution in [3.8, 4) is 0 Å². The van der Waals surface area contributed by atoms with Crippen molar-refractivity contribution < 1.29 is 0 Å². The van der Waals surface area contributed by atoms with Gasteiger partial charge in [0.1, 0.15) is 0 Å². The van der Waals surface area contributed by atoms with E-state index in [1.54, 1.807) is 11.1 Å². The minimum Gasteiger partial charge on any atom is -0.0767 e. The zero-order chi connectivity index (χ0) is 16.1. The molecule has 0 aromatic carbocycles. The smallest absolute Gasteiger partial charge is 0.0146 e. The fraction of sp³-hybridized carbons (Fsp3) is 0.619. The fourth-order valence-corrected chi connectivity index (χ4v) is 3.78. The van der Waals surface area contributed by atoms with Gasteiger partial charge in [0.15, 0.2) is 0 Å². The van der Waals surface area contributed by atoms with Gasteiger partial charge in [0.05, 0.1) is 0 Å². The summed E-state index contributed by atoms with van der Waals surface area (Å²) in [5.41, 5.74) is 6.71. The summed E-state index contributed by atoms with van der Waals surface area (Å²) in [7, 11) is 0. The first-order chi connectivity index (χ1) is 9.45. The SMILES string of the molecule is CC(C)(C)C1=CCC=C1C(C)(C)C1=CCC=C1C(C)(C)C. The van der Waals surface area contributed by atoms with Crippen LogP contribution >= 0.6 is 0 Å². The first kappa shape index (κ1) is 16.3. The highest BCUT2D eigenvalue weighted by Crippen LogP contribution is 2.52. The highest BCUT2D eigenvalue weighted by Gasteiger charge is 2.39. The molecule has 2 aliphatic rings. The van der Waals surface area contributed by atoms with Gasteiger partial charge < -0.3 is 0 Å². The van der Waals surface area contributed by atoms with Crippen molar-refractivity contribution in [2.45, 2.75) is 68.2 Å². The van der Waals surface area contributed by atoms with E-state index >= 15 is 0 Å². The van der Waals surface area contributed by atoms with Crippen LogP contribution in [-0.2, 0) is 0 Å². The van der Waals surface area contributed by atoms with Gasteiger partial charge in [-0.1, -0.05) is 79.7 Å². The van der Waals surface area contributed by atoms with E-state index in [1.165, 1.54) is 11.1 Å². The Hall–Kier alpha value is -1.04. The van der Waals surface area contributed by atoms with Gasteiger partial charge in [0.25, 0.3) is 0 Å². The highest BCUT2D eigenvalue weighted by atomic mass is 14.4. The molecular weight excluding hydrogens is 252 g/mol. The molecule has 0 heteroatoms. The van der Waals surface area contributed by atoms with Crippen LogP contribution in [0.2, 0.25) is 0 Å². The molecule has 0 aromatic heterocycles. The van der Waals surface area contributed by atoms with Gasteiger partial charge in [-0.15, -0.1) is 0 Å². The molecule has 0 atom stereocenters. The van der Waals surface area contributed by atoms with E-state index in [4.69, 9.17) is 0 Å². The molecule has 0 radical (unpaired) electrons. The average molecular weight is 284 g/mol. The molecule has 0 saturated heterocycles. The third kappa shape index (κ3) is 2.96. The Morgan fingerprint density at radius 3 is 1.10 bits per heavy atom. The van der Waals surface area contributed by atoms with E-state index in [-0.39, 0.29) is 16.2 Å². The molecule has 116 valence electrons. The van der Waals surface area contributed by atoms with Crippen LogP contribution in [0.3, 0.4) is 0 Å². The van der Waals surface area contributed by atoms with Gasteiger partial charge in [-0.2, -0.15) is 0 Å². The van der Waals surface area contributed by atoms with Crippen LogP contribution in [0.5, 0.6) is 0 Å². The lowest BCUT2D eigenvalue weighted by Gasteiger charge is -2.38. The van der Waals surface area contributed by atoms with Crippen LogP contribution < -0.4 is 0 Å². The minimum atomic E-state index is 0.102. The molecule has 0 aromatic rings. The van der Waals surface area contributed by atoms with Crippen LogP contribution in [-0.4, -0.2) is 0 Å². The van der Waals surface area contributed by atoms with Crippen molar-refractivity contribution in [3.63, 3.8) is 0 Å². The molecule has 0 nitrogen and oxygen atoms in total. The second-order valence-electron chi connectivity index (χ2n) is 9.07. The van der Waals surface area contributed by atoms with Crippen molar-refractivity contribution in [2.24, 2.45) is 16.2 Å². The molecule has 0 unspecified atom stereocenters. The van der Waals surface area contributed by atoms with Gasteiger partial charge in [-0.3, -0.25) is 0 Å². The molecule has 0 saturated carbocycles. The molecule has 0 bridgehead atoms. The normalized spacial score (nSPS) is 20.2. The molecule has 0 heterocycles. The van der Waals surface area contributed by atoms with E-state index in [1.807, 2.05) is 0 Å². The largest absolute Gasteiger partial charge is 0.0767 e. The summed E-state index contributed by atoms with van der Waals surface area (Å²) >= 11 is 0. The number of allylic oxidation sites excluding steroid dienone is 8. The predicted molar refractivity (Wildman–Crippen MR) is 94.3 cm³/mol. The van der Waals surface area contributed by atoms with E-state index in [0.29, 0.717) is 0 Å². The lowest BCUT2D eigenvalue weighted by molar-refractivity contribution is 0.442. The molecular formula is C21H32. The topological polar surface area (TPSA) is 0 Å². The third-order valence-corrected chi connectivity index (χ3v) is 4.83. The van der Waals surface area contributed by atoms with Gasteiger partial charge in [0.2, 0.25) is 0 Å². The van der Waals surface area contributed by atoms with E-state index in [0.717, 1.165) is 12.8 Å². The zero-order valence-electron chi connectivity index (χ0n) is 15.2. The van der Waals surface area contributed by atoms with Gasteiger partial charge in [-0.05, 0) is 46.0 Å². The molecule has 0 spiro atoms. The van der Waals surface area contributed by atoms with Crippen LogP contribution in [0, 0.1) is 16.2 Å². The second kappa shape index (κ2) is 5.00. The average Bonchev–Trinajstić information content (AvgIpc) is 2.97. The summed E-state index contributed by atoms with van der Waals surface area (Å²) in [5.74, 6) is 0. The summed E-state index contributed by atoms with van der Waals surface area (Å²) in [6.45, 7) is 18.8. The van der Waals surface area contributed by atoms with E-state index < -0.39 is 0 Å². The highest BCUT2D eigenvalue weighted by molar-refractivity contribution is 5.55. The maximum atomic E-state index is 2.44. The van der Waals surface area contributed by atoms with Crippen LogP contribution in [0.4, 0.5) is 0 Å². The Balaban J connectivity index is 2.41. The molecule has 21 heavy (non-hydrogen) atoms. The summed E-state index contributed by atoms with van der Waals surface area (Å²) in [6.07, 6.45) is 11.9. The lowest BCUT2D eigenvalue weighted by atomic mass is 9.66. The summed E-state index contributed by atoms with van der Waals surface area (Å²) in [4.78, 5) is 0. The van der Waals surface area contributed by atoms with Crippen molar-refractivity contribution >= 4 is 0 Å².